The maximum atomic E-state index is 12.2. The number of nitrogens with one attached hydrogen (secondary N) is 1. The minimum Gasteiger partial charge on any atom is -0.352 e. The van der Waals surface area contributed by atoms with Crippen LogP contribution in [0.4, 0.5) is 0 Å². The molecular weight excluding hydrogens is 242 g/mol. The summed E-state index contributed by atoms with van der Waals surface area (Å²) in [5.74, 6) is 0.733. The highest BCUT2D eigenvalue weighted by Crippen LogP contribution is 2.31. The molecule has 108 valence electrons. The first-order valence-electron chi connectivity index (χ1n) is 7.40. The third kappa shape index (κ3) is 3.47. The third-order valence-electron chi connectivity index (χ3n) is 4.35. The van der Waals surface area contributed by atoms with Gasteiger partial charge in [0.15, 0.2) is 0 Å². The van der Waals surface area contributed by atoms with Gasteiger partial charge in [-0.15, -0.1) is 0 Å². The van der Waals surface area contributed by atoms with Crippen molar-refractivity contribution < 1.29 is 9.59 Å². The first kappa shape index (κ1) is 14.3. The molecule has 1 heterocycles. The van der Waals surface area contributed by atoms with Gasteiger partial charge >= 0.3 is 0 Å². The average molecular weight is 267 g/mol. The van der Waals surface area contributed by atoms with E-state index in [2.05, 4.69) is 5.32 Å². The van der Waals surface area contributed by atoms with Crippen molar-refractivity contribution in [3.8, 4) is 0 Å². The summed E-state index contributed by atoms with van der Waals surface area (Å²) in [5.41, 5.74) is 5.71. The van der Waals surface area contributed by atoms with Gasteiger partial charge in [0, 0.05) is 31.5 Å². The summed E-state index contributed by atoms with van der Waals surface area (Å²) in [6.45, 7) is 4.02. The van der Waals surface area contributed by atoms with E-state index in [1.807, 2.05) is 11.8 Å². The Morgan fingerprint density at radius 1 is 1.47 bits per heavy atom. The number of nitrogens with two attached hydrogens (primary N) is 1. The van der Waals surface area contributed by atoms with Crippen LogP contribution in [0.15, 0.2) is 0 Å². The zero-order valence-electron chi connectivity index (χ0n) is 11.7. The summed E-state index contributed by atoms with van der Waals surface area (Å²) in [6.07, 6.45) is 4.70. The molecule has 1 aliphatic heterocycles. The molecule has 1 aliphatic carbocycles. The van der Waals surface area contributed by atoms with Crippen LogP contribution in [-0.4, -0.2) is 42.4 Å². The van der Waals surface area contributed by atoms with Gasteiger partial charge in [-0.3, -0.25) is 9.59 Å². The molecule has 0 bridgehead atoms. The largest absolute Gasteiger partial charge is 0.352 e. The summed E-state index contributed by atoms with van der Waals surface area (Å²) in [5, 5.41) is 3.05. The van der Waals surface area contributed by atoms with E-state index in [1.54, 1.807) is 0 Å². The standard InChI is InChI=1S/C14H25N3O2/c1-10(9-17-7-3-6-13(17)18)16-14(19)12-5-2-4-11(12)8-15/h10-12H,2-9,15H2,1H3,(H,16,19)/t10?,11-,12-/m1/s1. The Morgan fingerprint density at radius 3 is 2.89 bits per heavy atom. The second-order valence-electron chi connectivity index (χ2n) is 5.89. The predicted octanol–water partition coefficient (Wildman–Crippen LogP) is 0.489. The Hall–Kier alpha value is -1.10. The zero-order valence-corrected chi connectivity index (χ0v) is 11.7. The maximum Gasteiger partial charge on any atom is 0.223 e. The van der Waals surface area contributed by atoms with Gasteiger partial charge in [0.2, 0.25) is 11.8 Å². The van der Waals surface area contributed by atoms with Crippen molar-refractivity contribution in [2.45, 2.75) is 45.1 Å². The van der Waals surface area contributed by atoms with Crippen LogP contribution in [0.5, 0.6) is 0 Å². The molecule has 0 aromatic rings. The molecular formula is C14H25N3O2. The van der Waals surface area contributed by atoms with Gasteiger partial charge in [-0.2, -0.15) is 0 Å². The monoisotopic (exact) mass is 267 g/mol. The van der Waals surface area contributed by atoms with Crippen LogP contribution in [0.2, 0.25) is 0 Å². The minimum absolute atomic E-state index is 0.0218. The van der Waals surface area contributed by atoms with Gasteiger partial charge in [0.1, 0.15) is 0 Å². The molecule has 0 aromatic carbocycles. The van der Waals surface area contributed by atoms with E-state index in [1.165, 1.54) is 0 Å². The van der Waals surface area contributed by atoms with Crippen LogP contribution >= 0.6 is 0 Å². The van der Waals surface area contributed by atoms with E-state index < -0.39 is 0 Å². The molecule has 2 amide bonds. The van der Waals surface area contributed by atoms with Crippen LogP contribution in [-0.2, 0) is 9.59 Å². The molecule has 5 nitrogen and oxygen atoms in total. The predicted molar refractivity (Wildman–Crippen MR) is 73.3 cm³/mol. The lowest BCUT2D eigenvalue weighted by molar-refractivity contribution is -0.130. The Bertz CT molecular complexity index is 346. The summed E-state index contributed by atoms with van der Waals surface area (Å²) < 4.78 is 0. The van der Waals surface area contributed by atoms with Crippen LogP contribution in [0.25, 0.3) is 0 Å². The van der Waals surface area contributed by atoms with Gasteiger partial charge in [-0.05, 0) is 38.6 Å². The van der Waals surface area contributed by atoms with Gasteiger partial charge < -0.3 is 16.0 Å². The van der Waals surface area contributed by atoms with Crippen LogP contribution in [0.1, 0.15) is 39.0 Å². The second-order valence-corrected chi connectivity index (χ2v) is 5.89. The smallest absolute Gasteiger partial charge is 0.223 e. The number of carbonyl (C=O) groups excluding carboxylic acids is 2. The number of hydrogen-bond acceptors (Lipinski definition) is 3. The van der Waals surface area contributed by atoms with E-state index in [-0.39, 0.29) is 23.8 Å². The fourth-order valence-electron chi connectivity index (χ4n) is 3.29. The number of hydrogen-bond donors (Lipinski definition) is 2. The quantitative estimate of drug-likeness (QED) is 0.761. The van der Waals surface area contributed by atoms with Gasteiger partial charge in [-0.25, -0.2) is 0 Å². The Labute approximate surface area is 114 Å². The van der Waals surface area contributed by atoms with E-state index in [0.717, 1.165) is 32.2 Å². The molecule has 19 heavy (non-hydrogen) atoms. The molecule has 1 unspecified atom stereocenters. The summed E-state index contributed by atoms with van der Waals surface area (Å²) in [7, 11) is 0. The fourth-order valence-corrected chi connectivity index (χ4v) is 3.29. The van der Waals surface area contributed by atoms with Crippen molar-refractivity contribution in [3.63, 3.8) is 0 Å². The normalized spacial score (nSPS) is 28.7. The summed E-state index contributed by atoms with van der Waals surface area (Å²) >= 11 is 0. The van der Waals surface area contributed by atoms with Gasteiger partial charge in [0.25, 0.3) is 0 Å². The fraction of sp³-hybridized carbons (Fsp3) is 0.857. The third-order valence-corrected chi connectivity index (χ3v) is 4.35. The highest BCUT2D eigenvalue weighted by atomic mass is 16.2. The summed E-state index contributed by atoms with van der Waals surface area (Å²) in [4.78, 5) is 25.6. The van der Waals surface area contributed by atoms with Crippen LogP contribution in [0.3, 0.4) is 0 Å². The zero-order chi connectivity index (χ0) is 13.8. The highest BCUT2D eigenvalue weighted by Gasteiger charge is 2.32. The van der Waals surface area contributed by atoms with Gasteiger partial charge in [-0.1, -0.05) is 6.42 Å². The van der Waals surface area contributed by atoms with Crippen molar-refractivity contribution in [2.24, 2.45) is 17.6 Å². The number of likely N-dealkylation sites (tertiary alicyclic amines) is 1. The molecule has 3 N–H and O–H groups in total. The Morgan fingerprint density at radius 2 is 2.26 bits per heavy atom. The van der Waals surface area contributed by atoms with E-state index >= 15 is 0 Å². The topological polar surface area (TPSA) is 75.4 Å². The average Bonchev–Trinajstić information content (AvgIpc) is 2.98. The van der Waals surface area contributed by atoms with Crippen molar-refractivity contribution in [3.05, 3.63) is 0 Å². The number of carbonyl (C=O) groups is 2. The number of amides is 2. The van der Waals surface area contributed by atoms with E-state index in [4.69, 9.17) is 5.73 Å². The van der Waals surface area contributed by atoms with Crippen molar-refractivity contribution in [2.75, 3.05) is 19.6 Å². The maximum absolute atomic E-state index is 12.2. The SMILES string of the molecule is CC(CN1CCCC1=O)NC(=O)[C@@H]1CCC[C@@H]1CN. The first-order valence-corrected chi connectivity index (χ1v) is 7.40. The van der Waals surface area contributed by atoms with Crippen molar-refractivity contribution in [1.29, 1.82) is 0 Å². The lowest BCUT2D eigenvalue weighted by atomic mass is 9.95. The Balaban J connectivity index is 1.79. The van der Waals surface area contributed by atoms with Crippen molar-refractivity contribution in [1.82, 2.24) is 10.2 Å². The molecule has 0 spiro atoms. The molecule has 1 saturated carbocycles. The highest BCUT2D eigenvalue weighted by molar-refractivity contribution is 5.80. The molecule has 0 aromatic heterocycles. The summed E-state index contributed by atoms with van der Waals surface area (Å²) in [6, 6.07) is 0.0218. The minimum atomic E-state index is 0.0218. The molecule has 0 radical (unpaired) electrons. The van der Waals surface area contributed by atoms with Gasteiger partial charge in [0.05, 0.1) is 0 Å². The van der Waals surface area contributed by atoms with Crippen molar-refractivity contribution >= 4 is 11.8 Å². The first-order chi connectivity index (χ1) is 9.11. The van der Waals surface area contributed by atoms with Crippen LogP contribution in [0, 0.1) is 11.8 Å². The molecule has 1 saturated heterocycles. The molecule has 2 fully saturated rings. The Kier molecular flexibility index (Phi) is 4.80. The van der Waals surface area contributed by atoms with E-state index in [0.29, 0.717) is 25.4 Å². The molecule has 2 rings (SSSR count). The molecule has 3 atom stereocenters. The number of rotatable bonds is 5. The van der Waals surface area contributed by atoms with E-state index in [9.17, 15) is 9.59 Å². The molecule has 5 heteroatoms. The lowest BCUT2D eigenvalue weighted by Crippen LogP contribution is -2.45. The van der Waals surface area contributed by atoms with Crippen LogP contribution < -0.4 is 11.1 Å². The molecule has 2 aliphatic rings. The second kappa shape index (κ2) is 6.37. The lowest BCUT2D eigenvalue weighted by Gasteiger charge is -2.24. The number of nitrogens with zero attached hydrogens (tertiary/aromatic N) is 1.